The summed E-state index contributed by atoms with van der Waals surface area (Å²) in [6.45, 7) is 1.33. The Morgan fingerprint density at radius 2 is 1.68 bits per heavy atom. The van der Waals surface area contributed by atoms with Gasteiger partial charge in [-0.2, -0.15) is 17.5 Å². The van der Waals surface area contributed by atoms with Gasteiger partial charge in [-0.1, -0.05) is 0 Å². The number of carbonyl (C=O) groups is 1. The van der Waals surface area contributed by atoms with Crippen LogP contribution in [0.5, 0.6) is 0 Å². The second-order valence-corrected chi connectivity index (χ2v) is 10.6. The van der Waals surface area contributed by atoms with Gasteiger partial charge in [-0.05, 0) is 43.7 Å². The third-order valence-corrected chi connectivity index (χ3v) is 8.21. The zero-order chi connectivity index (χ0) is 27.8. The number of pyridine rings is 1. The molecule has 202 valence electrons. The average Bonchev–Trinajstić information content (AvgIpc) is 3.18. The molecule has 0 unspecified atom stereocenters. The fourth-order valence-corrected chi connectivity index (χ4v) is 6.05. The Labute approximate surface area is 213 Å². The van der Waals surface area contributed by atoms with Crippen LogP contribution in [0, 0.1) is 11.6 Å². The monoisotopic (exact) mass is 558 g/mol. The van der Waals surface area contributed by atoms with Crippen molar-refractivity contribution in [3.63, 3.8) is 0 Å². The van der Waals surface area contributed by atoms with E-state index in [0.717, 1.165) is 47.2 Å². The quantitative estimate of drug-likeness (QED) is 0.396. The maximum absolute atomic E-state index is 14.6. The smallest absolute Gasteiger partial charge is 0.298 e. The Kier molecular flexibility index (Phi) is 7.57. The molecule has 14 heteroatoms. The lowest BCUT2D eigenvalue weighted by molar-refractivity contribution is -0.145. The number of halogens is 6. The number of carbonyl (C=O) groups excluding carboxylic acids is 1. The Morgan fingerprint density at radius 1 is 1.05 bits per heavy atom. The molecule has 0 amide bonds. The molecule has 2 aromatic heterocycles. The van der Waals surface area contributed by atoms with Crippen LogP contribution in [0.4, 0.5) is 26.3 Å². The first-order valence-corrected chi connectivity index (χ1v) is 12.7. The minimum Gasteiger partial charge on any atom is -0.298 e. The summed E-state index contributed by atoms with van der Waals surface area (Å²) in [6.07, 6.45) is -4.67. The molecule has 3 atom stereocenters. The van der Waals surface area contributed by atoms with Gasteiger partial charge >= 0.3 is 6.18 Å². The van der Waals surface area contributed by atoms with Crippen LogP contribution < -0.4 is 0 Å². The maximum Gasteiger partial charge on any atom is 0.451 e. The molecule has 4 rings (SSSR count). The topological polar surface area (TPSA) is 93.1 Å². The zero-order valence-electron chi connectivity index (χ0n) is 19.7. The fraction of sp³-hybridized carbons (Fsp3) is 0.333. The number of benzene rings is 1. The molecule has 3 aromatic rings. The van der Waals surface area contributed by atoms with Crippen molar-refractivity contribution >= 4 is 15.8 Å². The lowest BCUT2D eigenvalue weighted by Crippen LogP contribution is -2.44. The molecule has 7 nitrogen and oxygen atoms in total. The Hall–Kier alpha value is -3.39. The van der Waals surface area contributed by atoms with Crippen LogP contribution in [0.3, 0.4) is 0 Å². The number of hydrogen-bond acceptors (Lipinski definition) is 6. The number of Topliss-reactive ketones (excluding diaryl/α,β-unsaturated/α-hetero) is 1. The van der Waals surface area contributed by atoms with E-state index in [-0.39, 0.29) is 41.0 Å². The van der Waals surface area contributed by atoms with Crippen LogP contribution in [0.15, 0.2) is 53.8 Å². The minimum atomic E-state index is -4.77. The van der Waals surface area contributed by atoms with Gasteiger partial charge < -0.3 is 0 Å². The van der Waals surface area contributed by atoms with Gasteiger partial charge in [0.15, 0.2) is 5.78 Å². The van der Waals surface area contributed by atoms with Crippen molar-refractivity contribution in [1.82, 2.24) is 19.3 Å². The maximum atomic E-state index is 14.6. The molecule has 1 saturated heterocycles. The number of aromatic nitrogens is 3. The highest BCUT2D eigenvalue weighted by Crippen LogP contribution is 2.34. The van der Waals surface area contributed by atoms with Crippen LogP contribution in [0.25, 0.3) is 11.1 Å². The zero-order valence-corrected chi connectivity index (χ0v) is 20.5. The van der Waals surface area contributed by atoms with Gasteiger partial charge in [0, 0.05) is 42.1 Å². The lowest BCUT2D eigenvalue weighted by Gasteiger charge is -2.26. The first-order valence-electron chi connectivity index (χ1n) is 11.3. The van der Waals surface area contributed by atoms with Gasteiger partial charge in [-0.15, -0.1) is 0 Å². The Balaban J connectivity index is 1.52. The first kappa shape index (κ1) is 27.6. The van der Waals surface area contributed by atoms with Crippen molar-refractivity contribution in [2.75, 3.05) is 0 Å². The molecule has 38 heavy (non-hydrogen) atoms. The molecule has 0 radical (unpaired) electrons. The van der Waals surface area contributed by atoms with Gasteiger partial charge in [0.2, 0.25) is 15.8 Å². The SMILES string of the molecule is C[C@H]1[C@H](F)C[C@@H](C(=O)CCc2cc(-c3cnc(C(F)(F)F)nc3)c(F)cn2)N1S(=O)(=O)c1ccc(F)cc1. The predicted molar refractivity (Wildman–Crippen MR) is 122 cm³/mol. The summed E-state index contributed by atoms with van der Waals surface area (Å²) in [5, 5.41) is 0. The molecule has 3 heterocycles. The van der Waals surface area contributed by atoms with E-state index >= 15 is 0 Å². The number of rotatable bonds is 7. The summed E-state index contributed by atoms with van der Waals surface area (Å²) < 4.78 is 107. The second-order valence-electron chi connectivity index (χ2n) is 8.71. The van der Waals surface area contributed by atoms with E-state index in [9.17, 15) is 39.6 Å². The van der Waals surface area contributed by atoms with E-state index < -0.39 is 57.7 Å². The molecule has 1 aliphatic rings. The molecule has 1 fully saturated rings. The summed E-state index contributed by atoms with van der Waals surface area (Å²) in [6, 6.07) is 2.69. The number of ketones is 1. The van der Waals surface area contributed by atoms with Gasteiger partial charge in [0.25, 0.3) is 0 Å². The van der Waals surface area contributed by atoms with Crippen LogP contribution in [0.2, 0.25) is 0 Å². The van der Waals surface area contributed by atoms with E-state index in [1.54, 1.807) is 0 Å². The summed E-state index contributed by atoms with van der Waals surface area (Å²) in [4.78, 5) is 23.0. The van der Waals surface area contributed by atoms with Crippen molar-refractivity contribution in [2.45, 2.75) is 55.5 Å². The first-order chi connectivity index (χ1) is 17.8. The van der Waals surface area contributed by atoms with Crippen LogP contribution in [-0.2, 0) is 27.4 Å². The van der Waals surface area contributed by atoms with E-state index in [1.807, 2.05) is 0 Å². The fourth-order valence-electron chi connectivity index (χ4n) is 4.22. The Morgan fingerprint density at radius 3 is 2.29 bits per heavy atom. The summed E-state index contributed by atoms with van der Waals surface area (Å²) in [7, 11) is -4.33. The van der Waals surface area contributed by atoms with Crippen molar-refractivity contribution < 1.29 is 39.6 Å². The summed E-state index contributed by atoms with van der Waals surface area (Å²) >= 11 is 0. The molecule has 0 saturated carbocycles. The number of sulfonamides is 1. The molecule has 0 bridgehead atoms. The van der Waals surface area contributed by atoms with Gasteiger partial charge in [-0.25, -0.2) is 31.6 Å². The third-order valence-electron chi connectivity index (χ3n) is 6.20. The minimum absolute atomic E-state index is 0.0491. The van der Waals surface area contributed by atoms with Gasteiger partial charge in [-0.3, -0.25) is 9.78 Å². The van der Waals surface area contributed by atoms with E-state index in [0.29, 0.717) is 0 Å². The largest absolute Gasteiger partial charge is 0.451 e. The van der Waals surface area contributed by atoms with E-state index in [1.165, 1.54) is 13.0 Å². The second kappa shape index (κ2) is 10.4. The van der Waals surface area contributed by atoms with Crippen molar-refractivity contribution in [3.05, 3.63) is 72.1 Å². The van der Waals surface area contributed by atoms with Crippen molar-refractivity contribution in [3.8, 4) is 11.1 Å². The highest BCUT2D eigenvalue weighted by atomic mass is 32.2. The standard InChI is InChI=1S/C24H20F6N4O3S/c1-13-19(26)9-21(34(13)38(36,37)17-5-2-15(25)3-6-17)22(35)7-4-16-8-18(20(27)12-31-16)14-10-32-23(33-11-14)24(28,29)30/h2-3,5-6,8,10-13,19,21H,4,7,9H2,1H3/t13-,19+,21-/m0/s1. The molecule has 0 spiro atoms. The number of nitrogens with zero attached hydrogens (tertiary/aromatic N) is 4. The molecule has 1 aliphatic heterocycles. The van der Waals surface area contributed by atoms with Gasteiger partial charge in [0.05, 0.1) is 23.2 Å². The average molecular weight is 559 g/mol. The number of alkyl halides is 4. The van der Waals surface area contributed by atoms with Crippen molar-refractivity contribution in [1.29, 1.82) is 0 Å². The normalized spacial score (nSPS) is 20.6. The van der Waals surface area contributed by atoms with E-state index in [2.05, 4.69) is 15.0 Å². The predicted octanol–water partition coefficient (Wildman–Crippen LogP) is 4.53. The third kappa shape index (κ3) is 5.55. The van der Waals surface area contributed by atoms with E-state index in [4.69, 9.17) is 0 Å². The van der Waals surface area contributed by atoms with Crippen LogP contribution in [0.1, 0.15) is 31.3 Å². The highest BCUT2D eigenvalue weighted by molar-refractivity contribution is 7.89. The van der Waals surface area contributed by atoms with Gasteiger partial charge in [0.1, 0.15) is 17.8 Å². The lowest BCUT2D eigenvalue weighted by atomic mass is 10.0. The van der Waals surface area contributed by atoms with Crippen LogP contribution in [-0.4, -0.2) is 51.7 Å². The molecule has 1 aromatic carbocycles. The number of hydrogen-bond donors (Lipinski definition) is 0. The summed E-state index contributed by atoms with van der Waals surface area (Å²) in [5.74, 6) is -3.51. The van der Waals surface area contributed by atoms with Crippen molar-refractivity contribution in [2.24, 2.45) is 0 Å². The Bertz CT molecular complexity index is 1430. The highest BCUT2D eigenvalue weighted by Gasteiger charge is 2.48. The van der Waals surface area contributed by atoms with Crippen LogP contribution >= 0.6 is 0 Å². The number of aryl methyl sites for hydroxylation is 1. The molecule has 0 aliphatic carbocycles. The molecular formula is C24H20F6N4O3S. The summed E-state index contributed by atoms with van der Waals surface area (Å²) in [5.41, 5.74) is -0.00707. The molecular weight excluding hydrogens is 538 g/mol. The molecule has 0 N–H and O–H groups in total.